The third-order valence-electron chi connectivity index (χ3n) is 7.59. The Labute approximate surface area is 211 Å². The van der Waals surface area contributed by atoms with E-state index in [1.54, 1.807) is 29.2 Å². The highest BCUT2D eigenvalue weighted by Crippen LogP contribution is 2.39. The van der Waals surface area contributed by atoms with E-state index in [9.17, 15) is 14.4 Å². The lowest BCUT2D eigenvalue weighted by atomic mass is 9.85. The van der Waals surface area contributed by atoms with Crippen molar-refractivity contribution >= 4 is 35.0 Å². The number of nitrogens with zero attached hydrogens (tertiary/aromatic N) is 4. The molecule has 3 fully saturated rings. The van der Waals surface area contributed by atoms with Crippen LogP contribution in [0, 0.1) is 0 Å². The Morgan fingerprint density at radius 1 is 0.829 bits per heavy atom. The van der Waals surface area contributed by atoms with Crippen LogP contribution in [0.4, 0.5) is 5.69 Å². The molecule has 2 aromatic rings. The van der Waals surface area contributed by atoms with Gasteiger partial charge in [-0.1, -0.05) is 29.8 Å². The highest BCUT2D eigenvalue weighted by molar-refractivity contribution is 6.30. The Bertz CT molecular complexity index is 1080. The molecular formula is C27H31ClN4O3. The number of carbonyl (C=O) groups is 3. The summed E-state index contributed by atoms with van der Waals surface area (Å²) in [6, 6.07) is 16.8. The van der Waals surface area contributed by atoms with E-state index in [0.717, 1.165) is 38.0 Å². The lowest BCUT2D eigenvalue weighted by Gasteiger charge is -2.43. The van der Waals surface area contributed by atoms with Crippen LogP contribution in [0.1, 0.15) is 42.5 Å². The van der Waals surface area contributed by atoms with Gasteiger partial charge in [0.25, 0.3) is 11.8 Å². The summed E-state index contributed by atoms with van der Waals surface area (Å²) in [6.45, 7) is 2.99. The van der Waals surface area contributed by atoms with Gasteiger partial charge in [-0.3, -0.25) is 14.4 Å². The molecule has 0 saturated carbocycles. The second-order valence-electron chi connectivity index (χ2n) is 9.68. The van der Waals surface area contributed by atoms with Gasteiger partial charge in [0.05, 0.1) is 6.67 Å². The first-order valence-corrected chi connectivity index (χ1v) is 12.8. The second-order valence-corrected chi connectivity index (χ2v) is 10.1. The summed E-state index contributed by atoms with van der Waals surface area (Å²) in [4.78, 5) is 47.5. The van der Waals surface area contributed by atoms with Gasteiger partial charge in [-0.15, -0.1) is 0 Å². The number of likely N-dealkylation sites (tertiary alicyclic amines) is 2. The molecule has 7 nitrogen and oxygen atoms in total. The average Bonchev–Trinajstić information content (AvgIpc) is 3.16. The highest BCUT2D eigenvalue weighted by Gasteiger charge is 2.54. The Hall–Kier alpha value is -3.06. The normalized spacial score (nSPS) is 20.0. The van der Waals surface area contributed by atoms with Gasteiger partial charge in [0.1, 0.15) is 12.1 Å². The average molecular weight is 495 g/mol. The van der Waals surface area contributed by atoms with Crippen molar-refractivity contribution in [1.29, 1.82) is 0 Å². The van der Waals surface area contributed by atoms with Crippen molar-refractivity contribution in [3.63, 3.8) is 0 Å². The van der Waals surface area contributed by atoms with Crippen molar-refractivity contribution in [2.45, 2.75) is 37.6 Å². The van der Waals surface area contributed by atoms with Gasteiger partial charge in [-0.05, 0) is 68.5 Å². The summed E-state index contributed by atoms with van der Waals surface area (Å²) in [5, 5.41) is 0.591. The van der Waals surface area contributed by atoms with Crippen LogP contribution in [-0.4, -0.2) is 77.4 Å². The molecule has 0 N–H and O–H groups in total. The van der Waals surface area contributed by atoms with Crippen LogP contribution in [-0.2, 0) is 9.59 Å². The molecule has 0 radical (unpaired) electrons. The first kappa shape index (κ1) is 23.7. The van der Waals surface area contributed by atoms with Crippen molar-refractivity contribution < 1.29 is 14.4 Å². The van der Waals surface area contributed by atoms with E-state index in [2.05, 4.69) is 4.90 Å². The lowest BCUT2D eigenvalue weighted by molar-refractivity contribution is -0.141. The molecule has 0 aliphatic carbocycles. The molecule has 0 bridgehead atoms. The number of carbonyl (C=O) groups excluding carboxylic acids is 3. The van der Waals surface area contributed by atoms with Crippen LogP contribution in [0.25, 0.3) is 0 Å². The number of piperidine rings is 2. The lowest BCUT2D eigenvalue weighted by Crippen LogP contribution is -2.57. The maximum absolute atomic E-state index is 13.9. The minimum atomic E-state index is -0.750. The van der Waals surface area contributed by atoms with Crippen molar-refractivity contribution in [1.82, 2.24) is 14.7 Å². The third kappa shape index (κ3) is 4.61. The van der Waals surface area contributed by atoms with Crippen LogP contribution in [0.15, 0.2) is 54.6 Å². The summed E-state index contributed by atoms with van der Waals surface area (Å²) in [5.74, 6) is -0.0332. The number of hydrogen-bond acceptors (Lipinski definition) is 4. The maximum atomic E-state index is 13.9. The minimum absolute atomic E-state index is 0.00898. The van der Waals surface area contributed by atoms with Crippen molar-refractivity contribution in [3.05, 3.63) is 65.2 Å². The number of rotatable bonds is 4. The molecule has 3 aliphatic rings. The summed E-state index contributed by atoms with van der Waals surface area (Å²) in [6.07, 6.45) is 4.25. The van der Waals surface area contributed by atoms with Gasteiger partial charge in [-0.25, -0.2) is 0 Å². The van der Waals surface area contributed by atoms with Crippen molar-refractivity contribution in [2.75, 3.05) is 44.3 Å². The van der Waals surface area contributed by atoms with E-state index >= 15 is 0 Å². The van der Waals surface area contributed by atoms with Gasteiger partial charge < -0.3 is 19.6 Å². The zero-order valence-electron chi connectivity index (χ0n) is 19.9. The molecule has 0 aromatic heterocycles. The van der Waals surface area contributed by atoms with Crippen LogP contribution >= 0.6 is 11.6 Å². The van der Waals surface area contributed by atoms with Gasteiger partial charge in [0.2, 0.25) is 5.91 Å². The molecule has 5 rings (SSSR count). The monoisotopic (exact) mass is 494 g/mol. The molecule has 35 heavy (non-hydrogen) atoms. The van der Waals surface area contributed by atoms with Crippen LogP contribution in [0.3, 0.4) is 0 Å². The SMILES string of the molecule is O=C(CN1CN(c2ccccc2)C2(CCN(C(=O)c3ccc(Cl)cc3)CC2)C1=O)N1CCCCC1. The quantitative estimate of drug-likeness (QED) is 0.651. The molecule has 0 unspecified atom stereocenters. The predicted molar refractivity (Wildman–Crippen MR) is 135 cm³/mol. The third-order valence-corrected chi connectivity index (χ3v) is 7.84. The molecular weight excluding hydrogens is 464 g/mol. The van der Waals surface area contributed by atoms with E-state index in [4.69, 9.17) is 11.6 Å². The van der Waals surface area contributed by atoms with E-state index in [1.807, 2.05) is 40.1 Å². The summed E-state index contributed by atoms with van der Waals surface area (Å²) in [7, 11) is 0. The number of hydrogen-bond donors (Lipinski definition) is 0. The molecule has 2 aromatic carbocycles. The molecule has 3 amide bonds. The van der Waals surface area contributed by atoms with Crippen LogP contribution in [0.5, 0.6) is 0 Å². The van der Waals surface area contributed by atoms with E-state index < -0.39 is 5.54 Å². The topological polar surface area (TPSA) is 64.2 Å². The van der Waals surface area contributed by atoms with Crippen LogP contribution in [0.2, 0.25) is 5.02 Å². The maximum Gasteiger partial charge on any atom is 0.253 e. The minimum Gasteiger partial charge on any atom is -0.341 e. The Kier molecular flexibility index (Phi) is 6.69. The Morgan fingerprint density at radius 3 is 2.14 bits per heavy atom. The summed E-state index contributed by atoms with van der Waals surface area (Å²) < 4.78 is 0. The zero-order chi connectivity index (χ0) is 24.4. The largest absolute Gasteiger partial charge is 0.341 e. The number of anilines is 1. The number of benzene rings is 2. The number of amides is 3. The van der Waals surface area contributed by atoms with Crippen molar-refractivity contribution in [2.24, 2.45) is 0 Å². The number of halogens is 1. The van der Waals surface area contributed by atoms with Crippen molar-refractivity contribution in [3.8, 4) is 0 Å². The van der Waals surface area contributed by atoms with Gasteiger partial charge in [0, 0.05) is 42.5 Å². The molecule has 3 aliphatic heterocycles. The fraction of sp³-hybridized carbons (Fsp3) is 0.444. The molecule has 1 spiro atoms. The molecule has 8 heteroatoms. The summed E-state index contributed by atoms with van der Waals surface area (Å²) >= 11 is 5.97. The van der Waals surface area contributed by atoms with Gasteiger partial charge >= 0.3 is 0 Å². The second kappa shape index (κ2) is 9.90. The number of para-hydroxylation sites is 1. The molecule has 0 atom stereocenters. The Balaban J connectivity index is 1.34. The molecule has 3 saturated heterocycles. The molecule has 184 valence electrons. The zero-order valence-corrected chi connectivity index (χ0v) is 20.6. The van der Waals surface area contributed by atoms with E-state index in [1.165, 1.54) is 0 Å². The van der Waals surface area contributed by atoms with Gasteiger partial charge in [0.15, 0.2) is 0 Å². The Morgan fingerprint density at radius 2 is 1.49 bits per heavy atom. The first-order valence-electron chi connectivity index (χ1n) is 12.4. The smallest absolute Gasteiger partial charge is 0.253 e. The van der Waals surface area contributed by atoms with E-state index in [-0.39, 0.29) is 24.3 Å². The van der Waals surface area contributed by atoms with Gasteiger partial charge in [-0.2, -0.15) is 0 Å². The molecule has 3 heterocycles. The first-order chi connectivity index (χ1) is 17.0. The fourth-order valence-electron chi connectivity index (χ4n) is 5.58. The predicted octanol–water partition coefficient (Wildman–Crippen LogP) is 3.63. The fourth-order valence-corrected chi connectivity index (χ4v) is 5.71. The highest BCUT2D eigenvalue weighted by atomic mass is 35.5. The van der Waals surface area contributed by atoms with Crippen LogP contribution < -0.4 is 4.90 Å². The van der Waals surface area contributed by atoms with E-state index in [0.29, 0.717) is 43.2 Å². The summed E-state index contributed by atoms with van der Waals surface area (Å²) in [5.41, 5.74) is 0.809. The standard InChI is InChI=1S/C27H31ClN4O3/c28-22-11-9-21(10-12-22)25(34)30-17-13-27(14-18-30)26(35)31(19-24(33)29-15-5-2-6-16-29)20-32(27)23-7-3-1-4-8-23/h1,3-4,7-12H,2,5-6,13-20H2.